The van der Waals surface area contributed by atoms with Crippen molar-refractivity contribution >= 4 is 35.8 Å². The van der Waals surface area contributed by atoms with Gasteiger partial charge in [-0.3, -0.25) is 4.99 Å². The molecule has 0 spiro atoms. The van der Waals surface area contributed by atoms with Crippen LogP contribution in [0.25, 0.3) is 0 Å². The standard InChI is InChI=1S/C23H32FN5O.HI/c1-5-25-22(27-16-23(2,3)17-8-6-9-19(14-17)30-4)28-18-11-13-29(15-18)21-20(24)10-7-12-26-21;/h6-10,12,14,18H,5,11,13,15-16H2,1-4H3,(H2,25,27,28);1H. The van der Waals surface area contributed by atoms with Crippen LogP contribution in [0.5, 0.6) is 5.75 Å². The number of rotatable bonds is 7. The van der Waals surface area contributed by atoms with Crippen LogP contribution in [0.3, 0.4) is 0 Å². The number of ether oxygens (including phenoxy) is 1. The van der Waals surface area contributed by atoms with Gasteiger partial charge in [-0.25, -0.2) is 9.37 Å². The third-order valence-electron chi connectivity index (χ3n) is 5.40. The summed E-state index contributed by atoms with van der Waals surface area (Å²) in [7, 11) is 1.68. The lowest BCUT2D eigenvalue weighted by Gasteiger charge is -2.25. The number of pyridine rings is 1. The van der Waals surface area contributed by atoms with Gasteiger partial charge in [0.25, 0.3) is 0 Å². The molecule has 1 fully saturated rings. The number of nitrogens with zero attached hydrogens (tertiary/aromatic N) is 3. The van der Waals surface area contributed by atoms with Gasteiger partial charge in [-0.1, -0.05) is 26.0 Å². The van der Waals surface area contributed by atoms with Gasteiger partial charge in [0.1, 0.15) is 5.75 Å². The van der Waals surface area contributed by atoms with Crippen molar-refractivity contribution in [2.45, 2.75) is 38.6 Å². The van der Waals surface area contributed by atoms with E-state index in [1.807, 2.05) is 17.0 Å². The maximum atomic E-state index is 14.0. The maximum absolute atomic E-state index is 14.0. The molecule has 2 N–H and O–H groups in total. The molecule has 1 aliphatic rings. The molecule has 8 heteroatoms. The van der Waals surface area contributed by atoms with Crippen molar-refractivity contribution in [3.05, 3.63) is 54.0 Å². The molecule has 6 nitrogen and oxygen atoms in total. The summed E-state index contributed by atoms with van der Waals surface area (Å²) in [6.07, 6.45) is 2.53. The molecule has 1 aliphatic heterocycles. The normalized spacial score (nSPS) is 16.6. The first kappa shape index (κ1) is 25.2. The van der Waals surface area contributed by atoms with Crippen LogP contribution in [0, 0.1) is 5.82 Å². The summed E-state index contributed by atoms with van der Waals surface area (Å²) in [5.41, 5.74) is 1.04. The van der Waals surface area contributed by atoms with Gasteiger partial charge in [0.2, 0.25) is 0 Å². The van der Waals surface area contributed by atoms with Crippen LogP contribution >= 0.6 is 24.0 Å². The SMILES string of the molecule is CCNC(=NCC(C)(C)c1cccc(OC)c1)NC1CCN(c2ncccc2F)C1.I. The van der Waals surface area contributed by atoms with E-state index in [2.05, 4.69) is 48.5 Å². The number of hydrogen-bond acceptors (Lipinski definition) is 4. The van der Waals surface area contributed by atoms with Crippen molar-refractivity contribution in [2.24, 2.45) is 4.99 Å². The Bertz CT molecular complexity index is 877. The Morgan fingerprint density at radius 2 is 2.13 bits per heavy atom. The van der Waals surface area contributed by atoms with Gasteiger partial charge in [0.15, 0.2) is 17.6 Å². The van der Waals surface area contributed by atoms with E-state index in [4.69, 9.17) is 9.73 Å². The number of nitrogens with one attached hydrogen (secondary N) is 2. The van der Waals surface area contributed by atoms with E-state index in [0.29, 0.717) is 18.9 Å². The molecular formula is C23H33FIN5O. The molecule has 0 aliphatic carbocycles. The van der Waals surface area contributed by atoms with E-state index in [9.17, 15) is 4.39 Å². The summed E-state index contributed by atoms with van der Waals surface area (Å²) in [4.78, 5) is 11.0. The van der Waals surface area contributed by atoms with Gasteiger partial charge in [-0.2, -0.15) is 0 Å². The molecule has 31 heavy (non-hydrogen) atoms. The highest BCUT2D eigenvalue weighted by atomic mass is 127. The number of guanidine groups is 1. The maximum Gasteiger partial charge on any atom is 0.191 e. The van der Waals surface area contributed by atoms with E-state index in [1.54, 1.807) is 19.4 Å². The number of hydrogen-bond donors (Lipinski definition) is 2. The third-order valence-corrected chi connectivity index (χ3v) is 5.40. The van der Waals surface area contributed by atoms with Gasteiger partial charge in [0, 0.05) is 37.3 Å². The molecule has 1 aromatic heterocycles. The fraction of sp³-hybridized carbons (Fsp3) is 0.478. The van der Waals surface area contributed by atoms with E-state index in [0.717, 1.165) is 31.2 Å². The largest absolute Gasteiger partial charge is 0.497 e. The zero-order valence-electron chi connectivity index (χ0n) is 18.7. The molecule has 1 saturated heterocycles. The van der Waals surface area contributed by atoms with Crippen molar-refractivity contribution in [3.63, 3.8) is 0 Å². The van der Waals surface area contributed by atoms with Gasteiger partial charge >= 0.3 is 0 Å². The Morgan fingerprint density at radius 1 is 1.32 bits per heavy atom. The predicted octanol–water partition coefficient (Wildman–Crippen LogP) is 3.96. The van der Waals surface area contributed by atoms with Crippen LogP contribution in [-0.4, -0.2) is 50.3 Å². The van der Waals surface area contributed by atoms with Crippen LogP contribution in [0.15, 0.2) is 47.6 Å². The second kappa shape index (κ2) is 11.5. The molecule has 3 rings (SSSR count). The molecule has 0 amide bonds. The summed E-state index contributed by atoms with van der Waals surface area (Å²) in [6, 6.07) is 11.4. The second-order valence-electron chi connectivity index (χ2n) is 8.20. The van der Waals surface area contributed by atoms with Gasteiger partial charge in [0.05, 0.1) is 13.7 Å². The first-order chi connectivity index (χ1) is 14.4. The lowest BCUT2D eigenvalue weighted by molar-refractivity contribution is 0.412. The quantitative estimate of drug-likeness (QED) is 0.316. The fourth-order valence-corrected chi connectivity index (χ4v) is 3.61. The van der Waals surface area contributed by atoms with Crippen molar-refractivity contribution < 1.29 is 9.13 Å². The Kier molecular flexibility index (Phi) is 9.33. The highest BCUT2D eigenvalue weighted by Crippen LogP contribution is 2.27. The average molecular weight is 541 g/mol. The molecule has 0 saturated carbocycles. The monoisotopic (exact) mass is 541 g/mol. The topological polar surface area (TPSA) is 61.8 Å². The van der Waals surface area contributed by atoms with Crippen LogP contribution < -0.4 is 20.3 Å². The van der Waals surface area contributed by atoms with E-state index < -0.39 is 0 Å². The predicted molar refractivity (Wildman–Crippen MR) is 135 cm³/mol. The fourth-order valence-electron chi connectivity index (χ4n) is 3.61. The molecule has 1 atom stereocenters. The lowest BCUT2D eigenvalue weighted by atomic mass is 9.84. The molecule has 0 bridgehead atoms. The zero-order valence-corrected chi connectivity index (χ0v) is 21.0. The van der Waals surface area contributed by atoms with Gasteiger partial charge in [-0.15, -0.1) is 24.0 Å². The molecule has 2 heterocycles. The summed E-state index contributed by atoms with van der Waals surface area (Å²) >= 11 is 0. The Morgan fingerprint density at radius 3 is 2.84 bits per heavy atom. The van der Waals surface area contributed by atoms with E-state index in [-0.39, 0.29) is 41.3 Å². The van der Waals surface area contributed by atoms with Crippen LogP contribution in [0.2, 0.25) is 0 Å². The minimum absolute atomic E-state index is 0. The number of anilines is 1. The molecule has 0 radical (unpaired) electrons. The van der Waals surface area contributed by atoms with Crippen molar-refractivity contribution in [1.82, 2.24) is 15.6 Å². The Balaban J connectivity index is 0.00000341. The van der Waals surface area contributed by atoms with Crippen molar-refractivity contribution in [3.8, 4) is 5.75 Å². The van der Waals surface area contributed by atoms with Gasteiger partial charge in [-0.05, 0) is 43.2 Å². The first-order valence-electron chi connectivity index (χ1n) is 10.5. The Labute approximate surface area is 201 Å². The molecule has 2 aromatic rings. The third kappa shape index (κ3) is 6.69. The summed E-state index contributed by atoms with van der Waals surface area (Å²) in [5.74, 6) is 1.77. The van der Waals surface area contributed by atoms with E-state index >= 15 is 0 Å². The van der Waals surface area contributed by atoms with Crippen molar-refractivity contribution in [2.75, 3.05) is 38.2 Å². The van der Waals surface area contributed by atoms with Crippen LogP contribution in [-0.2, 0) is 5.41 Å². The van der Waals surface area contributed by atoms with Crippen molar-refractivity contribution in [1.29, 1.82) is 0 Å². The molecule has 1 unspecified atom stereocenters. The highest BCUT2D eigenvalue weighted by Gasteiger charge is 2.26. The second-order valence-corrected chi connectivity index (χ2v) is 8.20. The van der Waals surface area contributed by atoms with Crippen LogP contribution in [0.1, 0.15) is 32.8 Å². The minimum atomic E-state index is -0.279. The minimum Gasteiger partial charge on any atom is -0.497 e. The number of methoxy groups -OCH3 is 1. The van der Waals surface area contributed by atoms with Crippen LogP contribution in [0.4, 0.5) is 10.2 Å². The highest BCUT2D eigenvalue weighted by molar-refractivity contribution is 14.0. The summed E-state index contributed by atoms with van der Waals surface area (Å²) < 4.78 is 19.4. The lowest BCUT2D eigenvalue weighted by Crippen LogP contribution is -2.45. The number of halogens is 2. The summed E-state index contributed by atoms with van der Waals surface area (Å²) in [6.45, 7) is 9.26. The smallest absolute Gasteiger partial charge is 0.191 e. The van der Waals surface area contributed by atoms with Gasteiger partial charge < -0.3 is 20.3 Å². The zero-order chi connectivity index (χ0) is 21.6. The van der Waals surface area contributed by atoms with E-state index in [1.165, 1.54) is 11.6 Å². The molecular weight excluding hydrogens is 508 g/mol. The Hall–Kier alpha value is -2.10. The number of aromatic nitrogens is 1. The molecule has 1 aromatic carbocycles. The summed E-state index contributed by atoms with van der Waals surface area (Å²) in [5, 5.41) is 6.83. The molecule has 170 valence electrons. The average Bonchev–Trinajstić information content (AvgIpc) is 3.21. The number of aliphatic imine (C=N–C) groups is 1. The number of benzene rings is 1. The first-order valence-corrected chi connectivity index (χ1v) is 10.5.